The largest absolute Gasteiger partial charge is 0.524 e. The highest BCUT2D eigenvalue weighted by Gasteiger charge is 2.57. The molecule has 9 nitrogen and oxygen atoms in total. The van der Waals surface area contributed by atoms with Crippen molar-refractivity contribution in [2.24, 2.45) is 28.3 Å². The van der Waals surface area contributed by atoms with Crippen molar-refractivity contribution < 1.29 is 28.5 Å². The number of rotatable bonds is 8. The molecule has 3 unspecified atom stereocenters. The van der Waals surface area contributed by atoms with E-state index < -0.39 is 7.82 Å². The fourth-order valence-corrected chi connectivity index (χ4v) is 10.4. The highest BCUT2D eigenvalue weighted by molar-refractivity contribution is 9.11. The van der Waals surface area contributed by atoms with Gasteiger partial charge in [0.1, 0.15) is 7.11 Å². The summed E-state index contributed by atoms with van der Waals surface area (Å²) >= 11 is 8.58. The molecule has 40 heavy (non-hydrogen) atoms. The van der Waals surface area contributed by atoms with Crippen LogP contribution in [0, 0.1) is 30.1 Å². The van der Waals surface area contributed by atoms with Gasteiger partial charge < -0.3 is 14.7 Å². The lowest BCUT2D eigenvalue weighted by Gasteiger charge is -2.50. The van der Waals surface area contributed by atoms with E-state index in [1.807, 2.05) is 13.0 Å². The molecule has 3 aliphatic carbocycles. The molecule has 13 heteroatoms. The van der Waals surface area contributed by atoms with Crippen LogP contribution in [0.2, 0.25) is 0 Å². The Bertz CT molecular complexity index is 1380. The lowest BCUT2D eigenvalue weighted by molar-refractivity contribution is -0.116. The van der Waals surface area contributed by atoms with Crippen LogP contribution in [0.3, 0.4) is 0 Å². The molecule has 3 aliphatic rings. The maximum Gasteiger partial charge on any atom is 0.524 e. The van der Waals surface area contributed by atoms with Gasteiger partial charge in [-0.1, -0.05) is 12.1 Å². The van der Waals surface area contributed by atoms with E-state index in [4.69, 9.17) is 9.36 Å². The quantitative estimate of drug-likeness (QED) is 0.192. The minimum absolute atomic E-state index is 0.00275. The van der Waals surface area contributed by atoms with Gasteiger partial charge in [0.25, 0.3) is 0 Å². The number of fused-ring (bicyclic) bond motifs is 5. The van der Waals surface area contributed by atoms with Crippen LogP contribution in [0.5, 0.6) is 5.75 Å². The Balaban J connectivity index is 1.37. The first-order chi connectivity index (χ1) is 18.9. The molecule has 0 radical (unpaired) electrons. The average molecular weight is 719 g/mol. The number of carbonyl (C=O) groups excluding carboxylic acids is 1. The number of phosphoric acid groups is 1. The molecule has 0 bridgehead atoms. The van der Waals surface area contributed by atoms with Crippen molar-refractivity contribution in [2.45, 2.75) is 71.1 Å². The normalized spacial score (nSPS) is 28.5. The Labute approximate surface area is 255 Å². The van der Waals surface area contributed by atoms with Crippen molar-refractivity contribution in [1.29, 1.82) is 0 Å². The fraction of sp³-hybridized carbons (Fsp3) is 0.593. The van der Waals surface area contributed by atoms with E-state index in [2.05, 4.69) is 54.2 Å². The Hall–Kier alpha value is -1.30. The standard InChI is InChI=1S/C27H34Br2N3O6PS/c1-14-13-30-26(40-14)31-22(33)6-4-5-15-11-21(32-37-3)27(2)10-9-16-17(23(15)27)7-8-18-19(16)12-20(28)25(24(18)29)38-39(34,35)36/h12-13,15-17,23H,4-11H2,1-3H3,(H,30,31,33)(H2,34,35,36)/b32-21+/t15-,16?,17?,23?,27-/m1/s1. The monoisotopic (exact) mass is 717 g/mol. The molecule has 1 aromatic carbocycles. The minimum Gasteiger partial charge on any atom is -0.402 e. The molecule has 2 aromatic rings. The zero-order chi connectivity index (χ0) is 28.8. The minimum atomic E-state index is -4.71. The number of aromatic nitrogens is 1. The second-order valence-corrected chi connectivity index (χ2v) is 15.4. The number of benzene rings is 1. The fourth-order valence-electron chi connectivity index (χ4n) is 7.55. The van der Waals surface area contributed by atoms with Crippen molar-refractivity contribution >= 4 is 67.8 Å². The summed E-state index contributed by atoms with van der Waals surface area (Å²) in [6.45, 7) is 4.30. The number of thiazole rings is 1. The van der Waals surface area contributed by atoms with Crippen LogP contribution in [-0.2, 0) is 20.6 Å². The third-order valence-electron chi connectivity index (χ3n) is 9.01. The van der Waals surface area contributed by atoms with Crippen LogP contribution in [0.25, 0.3) is 0 Å². The van der Waals surface area contributed by atoms with Crippen molar-refractivity contribution in [2.75, 3.05) is 12.4 Å². The SMILES string of the molecule is CO/N=C1\C[C@@H](CCCC(=O)Nc2ncc(C)s2)C2C3CCc4c(cc(Br)c(OP(=O)(O)O)c4Br)C3CC[C@]12C. The van der Waals surface area contributed by atoms with Gasteiger partial charge in [-0.05, 0) is 125 Å². The molecule has 2 fully saturated rings. The summed E-state index contributed by atoms with van der Waals surface area (Å²) in [4.78, 5) is 42.0. The number of halogens is 2. The lowest BCUT2D eigenvalue weighted by atomic mass is 9.54. The third-order valence-corrected chi connectivity index (χ3v) is 11.7. The molecule has 1 amide bonds. The number of phosphoric ester groups is 1. The van der Waals surface area contributed by atoms with Crippen molar-refractivity contribution in [3.05, 3.63) is 37.2 Å². The average Bonchev–Trinajstić information content (AvgIpc) is 3.41. The zero-order valence-electron chi connectivity index (χ0n) is 22.7. The van der Waals surface area contributed by atoms with Gasteiger partial charge in [0.15, 0.2) is 10.9 Å². The van der Waals surface area contributed by atoms with E-state index >= 15 is 0 Å². The molecule has 5 rings (SSSR count). The van der Waals surface area contributed by atoms with Gasteiger partial charge >= 0.3 is 7.82 Å². The molecule has 2 saturated carbocycles. The zero-order valence-corrected chi connectivity index (χ0v) is 27.5. The maximum atomic E-state index is 12.6. The predicted molar refractivity (Wildman–Crippen MR) is 162 cm³/mol. The third kappa shape index (κ3) is 5.95. The highest BCUT2D eigenvalue weighted by atomic mass is 79.9. The van der Waals surface area contributed by atoms with Crippen LogP contribution in [0.15, 0.2) is 26.4 Å². The van der Waals surface area contributed by atoms with E-state index in [1.165, 1.54) is 16.9 Å². The number of carbonyl (C=O) groups is 1. The second kappa shape index (κ2) is 11.8. The summed E-state index contributed by atoms with van der Waals surface area (Å²) in [6, 6.07) is 1.99. The number of nitrogens with one attached hydrogen (secondary N) is 1. The smallest absolute Gasteiger partial charge is 0.402 e. The van der Waals surface area contributed by atoms with Gasteiger partial charge in [0, 0.05) is 22.9 Å². The van der Waals surface area contributed by atoms with E-state index in [1.54, 1.807) is 13.3 Å². The molecule has 1 aromatic heterocycles. The molecule has 3 N–H and O–H groups in total. The summed E-state index contributed by atoms with van der Waals surface area (Å²) < 4.78 is 17.7. The van der Waals surface area contributed by atoms with Crippen LogP contribution in [0.1, 0.15) is 73.8 Å². The second-order valence-electron chi connectivity index (χ2n) is 11.3. The van der Waals surface area contributed by atoms with Crippen molar-refractivity contribution in [3.63, 3.8) is 0 Å². The number of hydrogen-bond donors (Lipinski definition) is 3. The molecule has 5 atom stereocenters. The Kier molecular flexibility index (Phi) is 8.87. The molecule has 0 aliphatic heterocycles. The number of aryl methyl sites for hydroxylation is 1. The topological polar surface area (TPSA) is 130 Å². The van der Waals surface area contributed by atoms with Crippen molar-refractivity contribution in [1.82, 2.24) is 4.98 Å². The number of anilines is 1. The summed E-state index contributed by atoms with van der Waals surface area (Å²) in [7, 11) is -3.10. The summed E-state index contributed by atoms with van der Waals surface area (Å²) in [5, 5.41) is 8.08. The Morgan fingerprint density at radius 1 is 1.35 bits per heavy atom. The lowest BCUT2D eigenvalue weighted by Crippen LogP contribution is -2.44. The van der Waals surface area contributed by atoms with E-state index in [-0.39, 0.29) is 17.1 Å². The number of nitrogens with zero attached hydrogens (tertiary/aromatic N) is 2. The first kappa shape index (κ1) is 30.2. The first-order valence-corrected chi connectivity index (χ1v) is 17.4. The van der Waals surface area contributed by atoms with Crippen LogP contribution in [0.4, 0.5) is 5.13 Å². The predicted octanol–water partition coefficient (Wildman–Crippen LogP) is 7.34. The van der Waals surface area contributed by atoms with Gasteiger partial charge in [-0.3, -0.25) is 14.6 Å². The summed E-state index contributed by atoms with van der Waals surface area (Å²) in [5.74, 6) is 1.69. The van der Waals surface area contributed by atoms with Crippen LogP contribution >= 0.6 is 51.0 Å². The van der Waals surface area contributed by atoms with Crippen LogP contribution < -0.4 is 9.84 Å². The van der Waals surface area contributed by atoms with Crippen molar-refractivity contribution in [3.8, 4) is 5.75 Å². The van der Waals surface area contributed by atoms with E-state index in [0.29, 0.717) is 44.2 Å². The Morgan fingerprint density at radius 2 is 2.12 bits per heavy atom. The Morgan fingerprint density at radius 3 is 2.80 bits per heavy atom. The van der Waals surface area contributed by atoms with Gasteiger partial charge in [0.05, 0.1) is 14.7 Å². The van der Waals surface area contributed by atoms with Gasteiger partial charge in [-0.25, -0.2) is 9.55 Å². The molecule has 0 saturated heterocycles. The number of amides is 1. The van der Waals surface area contributed by atoms with Gasteiger partial charge in [-0.2, -0.15) is 0 Å². The molecular weight excluding hydrogens is 685 g/mol. The van der Waals surface area contributed by atoms with Gasteiger partial charge in [0.2, 0.25) is 5.91 Å². The first-order valence-electron chi connectivity index (χ1n) is 13.5. The molecule has 0 spiro atoms. The molecule has 218 valence electrons. The van der Waals surface area contributed by atoms with Gasteiger partial charge in [-0.15, -0.1) is 11.3 Å². The van der Waals surface area contributed by atoms with Crippen LogP contribution in [-0.4, -0.2) is 33.5 Å². The number of hydrogen-bond acceptors (Lipinski definition) is 7. The van der Waals surface area contributed by atoms with E-state index in [9.17, 15) is 19.1 Å². The summed E-state index contributed by atoms with van der Waals surface area (Å²) in [5.41, 5.74) is 3.34. The molecule has 1 heterocycles. The summed E-state index contributed by atoms with van der Waals surface area (Å²) in [6.07, 6.45) is 8.55. The number of oxime groups is 1. The maximum absolute atomic E-state index is 12.6. The van der Waals surface area contributed by atoms with E-state index in [0.717, 1.165) is 61.1 Å². The molecular formula is C27H34Br2N3O6PS. The highest BCUT2D eigenvalue weighted by Crippen LogP contribution is 2.63.